The van der Waals surface area contributed by atoms with Crippen molar-refractivity contribution in [3.8, 4) is 5.75 Å². The van der Waals surface area contributed by atoms with Gasteiger partial charge in [-0.25, -0.2) is 5.10 Å². The fourth-order valence-corrected chi connectivity index (χ4v) is 6.08. The fourth-order valence-electron chi connectivity index (χ4n) is 5.32. The first-order valence-electron chi connectivity index (χ1n) is 12.8. The number of likely N-dealkylation sites (tertiary alicyclic amines) is 1. The number of benzene rings is 1. The van der Waals surface area contributed by atoms with Crippen LogP contribution in [0, 0.1) is 6.92 Å². The Kier molecular flexibility index (Phi) is 7.48. The van der Waals surface area contributed by atoms with Crippen molar-refractivity contribution in [1.29, 1.82) is 0 Å². The number of H-pyrrole nitrogens is 1. The van der Waals surface area contributed by atoms with Crippen molar-refractivity contribution < 1.29 is 9.53 Å². The van der Waals surface area contributed by atoms with Crippen molar-refractivity contribution in [1.82, 2.24) is 25.4 Å². The van der Waals surface area contributed by atoms with E-state index < -0.39 is 0 Å². The summed E-state index contributed by atoms with van der Waals surface area (Å²) in [5, 5.41) is 10.7. The second-order valence-electron chi connectivity index (χ2n) is 9.69. The molecule has 1 aliphatic carbocycles. The van der Waals surface area contributed by atoms with Crippen molar-refractivity contribution in [2.24, 2.45) is 0 Å². The molecule has 1 aliphatic heterocycles. The maximum Gasteiger partial charge on any atom is 0.322 e. The highest BCUT2D eigenvalue weighted by atomic mass is 32.1. The van der Waals surface area contributed by atoms with E-state index in [4.69, 9.17) is 9.72 Å². The van der Waals surface area contributed by atoms with Crippen LogP contribution in [0.25, 0.3) is 0 Å². The Hall–Kier alpha value is -3.04. The summed E-state index contributed by atoms with van der Waals surface area (Å²) in [5.74, 6) is 0.605. The average molecular weight is 508 g/mol. The summed E-state index contributed by atoms with van der Waals surface area (Å²) in [4.78, 5) is 31.6. The summed E-state index contributed by atoms with van der Waals surface area (Å²) in [6, 6.07) is 9.37. The van der Waals surface area contributed by atoms with E-state index in [1.54, 1.807) is 12.1 Å². The minimum Gasteiger partial charge on any atom is -0.489 e. The lowest BCUT2D eigenvalue weighted by atomic mass is 9.92. The molecule has 1 aromatic carbocycles. The van der Waals surface area contributed by atoms with Gasteiger partial charge in [0.1, 0.15) is 17.4 Å². The number of piperidine rings is 1. The predicted octanol–water partition coefficient (Wildman–Crippen LogP) is 3.60. The molecule has 2 aliphatic rings. The van der Waals surface area contributed by atoms with Gasteiger partial charge in [-0.2, -0.15) is 5.10 Å². The monoisotopic (exact) mass is 507 g/mol. The Labute approximate surface area is 215 Å². The molecule has 8 nitrogen and oxygen atoms in total. The number of amides is 1. The van der Waals surface area contributed by atoms with Gasteiger partial charge in [-0.1, -0.05) is 18.3 Å². The molecule has 2 aromatic heterocycles. The van der Waals surface area contributed by atoms with Gasteiger partial charge in [-0.3, -0.25) is 14.6 Å². The lowest BCUT2D eigenvalue weighted by Crippen LogP contribution is -2.49. The first-order chi connectivity index (χ1) is 17.5. The highest BCUT2D eigenvalue weighted by molar-refractivity contribution is 7.08. The standard InChI is InChI=1S/C27H33N5O3S/c1-3-32-13-12-24(22(15-32)26-30-31-27(34)36-26)29-25(33)18-8-10-20(11-9-18)35-16-19-14-17(2)28-23-7-5-4-6-21(19)23/h8-11,14,22,24H,3-7,12-13,15-16H2,1-2H3,(H,29,33)(H,31,34)/t22-,24+/m0/s1. The molecular formula is C27H33N5O3S. The van der Waals surface area contributed by atoms with Gasteiger partial charge in [-0.05, 0) is 87.0 Å². The molecule has 2 N–H and O–H groups in total. The number of carbonyl (C=O) groups is 1. The molecule has 2 atom stereocenters. The highest BCUT2D eigenvalue weighted by Gasteiger charge is 2.33. The van der Waals surface area contributed by atoms with Crippen molar-refractivity contribution >= 4 is 17.2 Å². The van der Waals surface area contributed by atoms with Crippen LogP contribution in [0.5, 0.6) is 5.75 Å². The quantitative estimate of drug-likeness (QED) is 0.507. The number of carbonyl (C=O) groups excluding carboxylic acids is 1. The molecule has 0 radical (unpaired) electrons. The van der Waals surface area contributed by atoms with Gasteiger partial charge < -0.3 is 15.0 Å². The number of nitrogens with one attached hydrogen (secondary N) is 2. The first-order valence-corrected chi connectivity index (χ1v) is 13.6. The van der Waals surface area contributed by atoms with Crippen LogP contribution in [0.1, 0.15) is 70.0 Å². The Morgan fingerprint density at radius 2 is 2.06 bits per heavy atom. The topological polar surface area (TPSA) is 100 Å². The number of rotatable bonds is 7. The lowest BCUT2D eigenvalue weighted by Gasteiger charge is -2.37. The smallest absolute Gasteiger partial charge is 0.322 e. The predicted molar refractivity (Wildman–Crippen MR) is 140 cm³/mol. The Morgan fingerprint density at radius 1 is 1.25 bits per heavy atom. The van der Waals surface area contributed by atoms with Gasteiger partial charge in [0.15, 0.2) is 0 Å². The summed E-state index contributed by atoms with van der Waals surface area (Å²) >= 11 is 1.13. The Bertz CT molecular complexity index is 1270. The molecular weight excluding hydrogens is 474 g/mol. The van der Waals surface area contributed by atoms with E-state index in [2.05, 4.69) is 33.4 Å². The SMILES string of the molecule is CCN1CC[C@@H](NC(=O)c2ccc(OCc3cc(C)nc4c3CCCC4)cc2)[C@@H](c2n[nH]c(=O)s2)C1. The van der Waals surface area contributed by atoms with Gasteiger partial charge in [0.05, 0.1) is 0 Å². The van der Waals surface area contributed by atoms with Gasteiger partial charge in [-0.15, -0.1) is 0 Å². The van der Waals surface area contributed by atoms with Crippen LogP contribution in [0.2, 0.25) is 0 Å². The van der Waals surface area contributed by atoms with Crippen molar-refractivity contribution in [2.45, 2.75) is 64.5 Å². The summed E-state index contributed by atoms with van der Waals surface area (Å²) in [6.45, 7) is 7.27. The number of aryl methyl sites for hydroxylation is 2. The van der Waals surface area contributed by atoms with Gasteiger partial charge in [0.2, 0.25) is 0 Å². The number of fused-ring (bicyclic) bond motifs is 1. The molecule has 1 saturated heterocycles. The van der Waals surface area contributed by atoms with E-state index in [1.807, 2.05) is 19.1 Å². The highest BCUT2D eigenvalue weighted by Crippen LogP contribution is 2.28. The van der Waals surface area contributed by atoms with Crippen molar-refractivity contribution in [2.75, 3.05) is 19.6 Å². The van der Waals surface area contributed by atoms with Gasteiger partial charge in [0, 0.05) is 42.0 Å². The zero-order valence-corrected chi connectivity index (χ0v) is 21.7. The number of hydrogen-bond donors (Lipinski definition) is 2. The van der Waals surface area contributed by atoms with Crippen LogP contribution in [-0.4, -0.2) is 51.7 Å². The minimum atomic E-state index is -0.165. The Morgan fingerprint density at radius 3 is 2.81 bits per heavy atom. The number of nitrogens with zero attached hydrogens (tertiary/aromatic N) is 3. The number of aromatic amines is 1. The second kappa shape index (κ2) is 10.9. The number of pyridine rings is 1. The molecule has 36 heavy (non-hydrogen) atoms. The van der Waals surface area contributed by atoms with Gasteiger partial charge >= 0.3 is 4.87 Å². The summed E-state index contributed by atoms with van der Waals surface area (Å²) in [7, 11) is 0. The van der Waals surface area contributed by atoms with Crippen molar-refractivity contribution in [3.63, 3.8) is 0 Å². The number of likely N-dealkylation sites (N-methyl/N-ethyl adjacent to an activating group) is 1. The summed E-state index contributed by atoms with van der Waals surface area (Å²) in [5.41, 5.74) is 5.40. The van der Waals surface area contributed by atoms with E-state index in [-0.39, 0.29) is 22.7 Å². The molecule has 5 rings (SSSR count). The molecule has 0 unspecified atom stereocenters. The third-order valence-electron chi connectivity index (χ3n) is 7.26. The number of ether oxygens (including phenoxy) is 1. The second-order valence-corrected chi connectivity index (χ2v) is 10.7. The molecule has 1 amide bonds. The molecule has 0 bridgehead atoms. The molecule has 190 valence electrons. The van der Waals surface area contributed by atoms with E-state index in [0.29, 0.717) is 12.2 Å². The fraction of sp³-hybridized carbons (Fsp3) is 0.481. The molecule has 3 heterocycles. The van der Waals surface area contributed by atoms with Crippen LogP contribution < -0.4 is 14.9 Å². The lowest BCUT2D eigenvalue weighted by molar-refractivity contribution is 0.0897. The van der Waals surface area contributed by atoms with E-state index in [1.165, 1.54) is 29.7 Å². The number of aromatic nitrogens is 3. The molecule has 1 fully saturated rings. The average Bonchev–Trinajstić information content (AvgIpc) is 3.33. The maximum absolute atomic E-state index is 13.1. The largest absolute Gasteiger partial charge is 0.489 e. The molecule has 0 saturated carbocycles. The van der Waals surface area contributed by atoms with Crippen molar-refractivity contribution in [3.05, 3.63) is 73.1 Å². The minimum absolute atomic E-state index is 0.0102. The zero-order valence-electron chi connectivity index (χ0n) is 20.9. The normalized spacial score (nSPS) is 20.1. The summed E-state index contributed by atoms with van der Waals surface area (Å²) < 4.78 is 6.09. The van der Waals surface area contributed by atoms with Crippen LogP contribution in [0.3, 0.4) is 0 Å². The third-order valence-corrected chi connectivity index (χ3v) is 8.14. The first kappa shape index (κ1) is 24.6. The van der Waals surface area contributed by atoms with Crippen LogP contribution in [-0.2, 0) is 19.4 Å². The third kappa shape index (κ3) is 5.52. The van der Waals surface area contributed by atoms with E-state index >= 15 is 0 Å². The molecule has 9 heteroatoms. The number of hydrogen-bond acceptors (Lipinski definition) is 7. The maximum atomic E-state index is 13.1. The van der Waals surface area contributed by atoms with Crippen LogP contribution >= 0.6 is 11.3 Å². The zero-order chi connectivity index (χ0) is 25.1. The molecule has 3 aromatic rings. The van der Waals surface area contributed by atoms with Crippen LogP contribution in [0.4, 0.5) is 0 Å². The van der Waals surface area contributed by atoms with E-state index in [9.17, 15) is 9.59 Å². The summed E-state index contributed by atoms with van der Waals surface area (Å²) in [6.07, 6.45) is 5.33. The Balaban J connectivity index is 1.23. The van der Waals surface area contributed by atoms with E-state index in [0.717, 1.165) is 66.7 Å². The van der Waals surface area contributed by atoms with Gasteiger partial charge in [0.25, 0.3) is 5.91 Å². The van der Waals surface area contributed by atoms with Crippen LogP contribution in [0.15, 0.2) is 35.1 Å². The molecule has 0 spiro atoms.